The maximum absolute atomic E-state index is 10.2. The molecule has 0 fully saturated rings. The summed E-state index contributed by atoms with van der Waals surface area (Å²) in [6.07, 6.45) is 0.979. The molecule has 0 spiro atoms. The van der Waals surface area contributed by atoms with Crippen LogP contribution >= 0.6 is 0 Å². The summed E-state index contributed by atoms with van der Waals surface area (Å²) in [5.74, 6) is -0.387. The average Bonchev–Trinajstić information content (AvgIpc) is 1.85. The van der Waals surface area contributed by atoms with Crippen LogP contribution in [0.2, 0.25) is 0 Å². The minimum atomic E-state index is -0.761. The van der Waals surface area contributed by atoms with Crippen molar-refractivity contribution in [1.29, 1.82) is 0 Å². The van der Waals surface area contributed by atoms with Gasteiger partial charge in [0.2, 0.25) is 0 Å². The number of hydrogen-bond donors (Lipinski definition) is 2. The number of carboxylic acids is 1. The quantitative estimate of drug-likeness (QED) is 0.633. The van der Waals surface area contributed by atoms with Crippen molar-refractivity contribution in [1.82, 2.24) is 0 Å². The largest absolute Gasteiger partial charge is 0.481 e. The Labute approximate surface area is 67.0 Å². The lowest BCUT2D eigenvalue weighted by Crippen LogP contribution is -2.10. The van der Waals surface area contributed by atoms with Crippen LogP contribution in [0.4, 0.5) is 0 Å². The highest BCUT2D eigenvalue weighted by molar-refractivity contribution is 5.66. The van der Waals surface area contributed by atoms with Crippen molar-refractivity contribution in [3.63, 3.8) is 0 Å². The van der Waals surface area contributed by atoms with Crippen LogP contribution in [-0.4, -0.2) is 22.8 Å². The molecule has 0 saturated heterocycles. The monoisotopic (exact) mass is 160 g/mol. The second kappa shape index (κ2) is 5.13. The van der Waals surface area contributed by atoms with Gasteiger partial charge in [0.15, 0.2) is 0 Å². The summed E-state index contributed by atoms with van der Waals surface area (Å²) >= 11 is 0. The lowest BCUT2D eigenvalue weighted by Gasteiger charge is -2.12. The van der Waals surface area contributed by atoms with E-state index in [-0.39, 0.29) is 24.9 Å². The van der Waals surface area contributed by atoms with Crippen LogP contribution in [0, 0.1) is 11.8 Å². The Morgan fingerprint density at radius 3 is 2.27 bits per heavy atom. The minimum Gasteiger partial charge on any atom is -0.481 e. The van der Waals surface area contributed by atoms with E-state index in [0.717, 1.165) is 6.42 Å². The fraction of sp³-hybridized carbons (Fsp3) is 0.875. The Hall–Kier alpha value is -0.570. The summed E-state index contributed by atoms with van der Waals surface area (Å²) in [5, 5.41) is 17.1. The van der Waals surface area contributed by atoms with Crippen LogP contribution in [0.25, 0.3) is 0 Å². The van der Waals surface area contributed by atoms with Crippen molar-refractivity contribution < 1.29 is 15.0 Å². The molecule has 0 aromatic rings. The summed E-state index contributed by atoms with van der Waals surface area (Å²) in [6, 6.07) is 0. The van der Waals surface area contributed by atoms with Gasteiger partial charge in [-0.05, 0) is 18.3 Å². The zero-order valence-electron chi connectivity index (χ0n) is 7.08. The van der Waals surface area contributed by atoms with E-state index < -0.39 is 5.97 Å². The molecule has 0 bridgehead atoms. The minimum absolute atomic E-state index is 0.143. The molecule has 0 aromatic carbocycles. The van der Waals surface area contributed by atoms with Gasteiger partial charge < -0.3 is 10.2 Å². The molecule has 11 heavy (non-hydrogen) atoms. The molecule has 0 unspecified atom stereocenters. The summed E-state index contributed by atoms with van der Waals surface area (Å²) in [5.41, 5.74) is 0. The van der Waals surface area contributed by atoms with E-state index >= 15 is 0 Å². The van der Waals surface area contributed by atoms with Crippen LogP contribution in [-0.2, 0) is 4.79 Å². The number of rotatable bonds is 5. The van der Waals surface area contributed by atoms with Crippen LogP contribution in [0.3, 0.4) is 0 Å². The van der Waals surface area contributed by atoms with Gasteiger partial charge in [0, 0.05) is 13.0 Å². The zero-order valence-corrected chi connectivity index (χ0v) is 7.08. The highest BCUT2D eigenvalue weighted by atomic mass is 16.4. The van der Waals surface area contributed by atoms with E-state index in [0.29, 0.717) is 0 Å². The molecule has 0 heterocycles. The predicted molar refractivity (Wildman–Crippen MR) is 42.3 cm³/mol. The number of aliphatic hydroxyl groups excluding tert-OH is 1. The summed E-state index contributed by atoms with van der Waals surface area (Å²) in [6.45, 7) is 3.95. The third kappa shape index (κ3) is 5.85. The van der Waals surface area contributed by atoms with Gasteiger partial charge in [0.05, 0.1) is 0 Å². The SMILES string of the molecule is C[C@H](CO)C[C@H](C)CC(=O)O. The van der Waals surface area contributed by atoms with Crippen molar-refractivity contribution in [2.45, 2.75) is 26.7 Å². The first-order valence-electron chi connectivity index (χ1n) is 3.89. The van der Waals surface area contributed by atoms with Crippen molar-refractivity contribution in [2.75, 3.05) is 6.61 Å². The Balaban J connectivity index is 3.51. The molecule has 3 nitrogen and oxygen atoms in total. The Bertz CT molecular complexity index is 123. The third-order valence-electron chi connectivity index (χ3n) is 1.64. The third-order valence-corrected chi connectivity index (χ3v) is 1.64. The van der Waals surface area contributed by atoms with Crippen LogP contribution in [0.5, 0.6) is 0 Å². The maximum Gasteiger partial charge on any atom is 0.303 e. The van der Waals surface area contributed by atoms with E-state index in [2.05, 4.69) is 0 Å². The summed E-state index contributed by atoms with van der Waals surface area (Å²) in [4.78, 5) is 10.2. The lowest BCUT2D eigenvalue weighted by molar-refractivity contribution is -0.138. The first-order valence-corrected chi connectivity index (χ1v) is 3.89. The van der Waals surface area contributed by atoms with Gasteiger partial charge in [-0.2, -0.15) is 0 Å². The summed E-state index contributed by atoms with van der Waals surface area (Å²) in [7, 11) is 0. The van der Waals surface area contributed by atoms with Crippen LogP contribution < -0.4 is 0 Å². The van der Waals surface area contributed by atoms with E-state index in [1.807, 2.05) is 13.8 Å². The molecule has 0 amide bonds. The fourth-order valence-electron chi connectivity index (χ4n) is 1.14. The van der Waals surface area contributed by atoms with Crippen LogP contribution in [0.15, 0.2) is 0 Å². The first-order chi connectivity index (χ1) is 5.06. The van der Waals surface area contributed by atoms with Gasteiger partial charge in [-0.1, -0.05) is 13.8 Å². The smallest absolute Gasteiger partial charge is 0.303 e. The maximum atomic E-state index is 10.2. The fourth-order valence-corrected chi connectivity index (χ4v) is 1.14. The molecule has 66 valence electrons. The molecule has 0 aliphatic heterocycles. The Morgan fingerprint density at radius 2 is 1.91 bits per heavy atom. The molecule has 3 heteroatoms. The number of carbonyl (C=O) groups is 1. The molecule has 0 saturated carbocycles. The van der Waals surface area contributed by atoms with Gasteiger partial charge >= 0.3 is 5.97 Å². The van der Waals surface area contributed by atoms with Gasteiger partial charge in [0.1, 0.15) is 0 Å². The van der Waals surface area contributed by atoms with Crippen molar-refractivity contribution in [2.24, 2.45) is 11.8 Å². The molecule has 0 rings (SSSR count). The molecule has 0 aromatic heterocycles. The molecule has 2 atom stereocenters. The van der Waals surface area contributed by atoms with E-state index in [1.54, 1.807) is 0 Å². The molecule has 0 aliphatic rings. The van der Waals surface area contributed by atoms with E-state index in [9.17, 15) is 4.79 Å². The molecular weight excluding hydrogens is 144 g/mol. The van der Waals surface area contributed by atoms with Gasteiger partial charge in [-0.15, -0.1) is 0 Å². The molecule has 0 radical (unpaired) electrons. The van der Waals surface area contributed by atoms with Crippen molar-refractivity contribution in [3.05, 3.63) is 0 Å². The molecule has 0 aliphatic carbocycles. The standard InChI is InChI=1S/C8H16O3/c1-6(4-8(10)11)3-7(2)5-9/h6-7,9H,3-5H2,1-2H3,(H,10,11)/t6-,7-/m0/s1. The first kappa shape index (κ1) is 10.4. The Kier molecular flexibility index (Phi) is 4.86. The van der Waals surface area contributed by atoms with Gasteiger partial charge in [-0.25, -0.2) is 0 Å². The average molecular weight is 160 g/mol. The zero-order chi connectivity index (χ0) is 8.85. The Morgan fingerprint density at radius 1 is 1.36 bits per heavy atom. The second-order valence-corrected chi connectivity index (χ2v) is 3.23. The number of aliphatic hydroxyl groups is 1. The highest BCUT2D eigenvalue weighted by Crippen LogP contribution is 2.14. The highest BCUT2D eigenvalue weighted by Gasteiger charge is 2.10. The van der Waals surface area contributed by atoms with Gasteiger partial charge in [-0.3, -0.25) is 4.79 Å². The topological polar surface area (TPSA) is 57.5 Å². The number of aliphatic carboxylic acids is 1. The number of carboxylic acid groups (broad SMARTS) is 1. The number of hydrogen-bond acceptors (Lipinski definition) is 2. The lowest BCUT2D eigenvalue weighted by atomic mass is 9.95. The normalized spacial score (nSPS) is 15.9. The second-order valence-electron chi connectivity index (χ2n) is 3.23. The van der Waals surface area contributed by atoms with Crippen LogP contribution in [0.1, 0.15) is 26.7 Å². The van der Waals surface area contributed by atoms with E-state index in [4.69, 9.17) is 10.2 Å². The van der Waals surface area contributed by atoms with Crippen molar-refractivity contribution >= 4 is 5.97 Å². The summed E-state index contributed by atoms with van der Waals surface area (Å²) < 4.78 is 0. The molecular formula is C8H16O3. The van der Waals surface area contributed by atoms with E-state index in [1.165, 1.54) is 0 Å². The van der Waals surface area contributed by atoms with Crippen molar-refractivity contribution in [3.8, 4) is 0 Å². The van der Waals surface area contributed by atoms with Gasteiger partial charge in [0.25, 0.3) is 0 Å². The molecule has 2 N–H and O–H groups in total. The predicted octanol–water partition coefficient (Wildman–Crippen LogP) is 1.12.